The monoisotopic (exact) mass is 386 g/mol. The third-order valence-corrected chi connectivity index (χ3v) is 5.18. The lowest BCUT2D eigenvalue weighted by Crippen LogP contribution is -2.35. The summed E-state index contributed by atoms with van der Waals surface area (Å²) in [5.41, 5.74) is 0. The molecule has 0 bridgehead atoms. The molecule has 0 spiro atoms. The van der Waals surface area contributed by atoms with E-state index in [1.54, 1.807) is 0 Å². The minimum atomic E-state index is -1.27. The van der Waals surface area contributed by atoms with Gasteiger partial charge in [0.05, 0.1) is 6.10 Å². The van der Waals surface area contributed by atoms with Gasteiger partial charge in [-0.2, -0.15) is 0 Å². The highest BCUT2D eigenvalue weighted by Crippen LogP contribution is 2.18. The molecule has 5 heteroatoms. The van der Waals surface area contributed by atoms with Crippen LogP contribution < -0.4 is 0 Å². The second-order valence-electron chi connectivity index (χ2n) is 7.71. The predicted octanol–water partition coefficient (Wildman–Crippen LogP) is 4.87. The molecular weight excluding hydrogens is 344 g/mol. The molecule has 0 radical (unpaired) electrons. The normalized spacial score (nSPS) is 13.4. The van der Waals surface area contributed by atoms with E-state index >= 15 is 0 Å². The van der Waals surface area contributed by atoms with E-state index < -0.39 is 18.0 Å². The molecular formula is C22H42O5. The molecule has 0 aliphatic rings. The van der Waals surface area contributed by atoms with Crippen LogP contribution in [0.25, 0.3) is 0 Å². The topological polar surface area (TPSA) is 94.8 Å². The summed E-state index contributed by atoms with van der Waals surface area (Å²) in [5.74, 6) is -2.80. The summed E-state index contributed by atoms with van der Waals surface area (Å²) in [6, 6.07) is 0. The zero-order chi connectivity index (χ0) is 20.3. The van der Waals surface area contributed by atoms with Gasteiger partial charge in [0.25, 0.3) is 0 Å². The highest BCUT2D eigenvalue weighted by Gasteiger charge is 2.32. The van der Waals surface area contributed by atoms with Gasteiger partial charge >= 0.3 is 5.97 Å². The number of aliphatic hydroxyl groups excluding tert-OH is 2. The Bertz CT molecular complexity index is 370. The van der Waals surface area contributed by atoms with Crippen molar-refractivity contribution in [1.29, 1.82) is 0 Å². The van der Waals surface area contributed by atoms with Gasteiger partial charge in [-0.1, -0.05) is 84.0 Å². The summed E-state index contributed by atoms with van der Waals surface area (Å²) in [4.78, 5) is 23.7. The first-order valence-electron chi connectivity index (χ1n) is 11.1. The highest BCUT2D eigenvalue weighted by molar-refractivity contribution is 5.98. The lowest BCUT2D eigenvalue weighted by atomic mass is 9.90. The van der Waals surface area contributed by atoms with Gasteiger partial charge in [-0.05, 0) is 19.3 Å². The number of hydrogen-bond acceptors (Lipinski definition) is 4. The number of carbonyl (C=O) groups excluding carboxylic acids is 1. The van der Waals surface area contributed by atoms with Gasteiger partial charge in [0, 0.05) is 13.0 Å². The molecule has 2 atom stereocenters. The summed E-state index contributed by atoms with van der Waals surface area (Å²) in [6.07, 6.45) is 14.0. The molecule has 0 aliphatic carbocycles. The molecule has 0 amide bonds. The quantitative estimate of drug-likeness (QED) is 0.205. The van der Waals surface area contributed by atoms with Gasteiger partial charge in [-0.3, -0.25) is 9.59 Å². The predicted molar refractivity (Wildman–Crippen MR) is 109 cm³/mol. The van der Waals surface area contributed by atoms with Gasteiger partial charge in [-0.15, -0.1) is 0 Å². The average molecular weight is 387 g/mol. The highest BCUT2D eigenvalue weighted by atomic mass is 16.4. The van der Waals surface area contributed by atoms with E-state index in [9.17, 15) is 19.8 Å². The largest absolute Gasteiger partial charge is 0.481 e. The van der Waals surface area contributed by atoms with Crippen molar-refractivity contribution in [3.8, 4) is 0 Å². The van der Waals surface area contributed by atoms with Crippen molar-refractivity contribution in [2.45, 2.75) is 116 Å². The lowest BCUT2D eigenvalue weighted by molar-refractivity contribution is -0.151. The molecule has 0 aromatic rings. The van der Waals surface area contributed by atoms with Gasteiger partial charge in [0.1, 0.15) is 11.7 Å². The van der Waals surface area contributed by atoms with E-state index in [2.05, 4.69) is 6.92 Å². The number of aliphatic carboxylic acids is 1. The van der Waals surface area contributed by atoms with Crippen LogP contribution >= 0.6 is 0 Å². The Morgan fingerprint density at radius 3 is 1.74 bits per heavy atom. The molecule has 2 unspecified atom stereocenters. The summed E-state index contributed by atoms with van der Waals surface area (Å²) in [6.45, 7) is 2.42. The summed E-state index contributed by atoms with van der Waals surface area (Å²) in [5, 5.41) is 28.2. The molecule has 3 N–H and O–H groups in total. The van der Waals surface area contributed by atoms with Crippen molar-refractivity contribution in [3.05, 3.63) is 0 Å². The maximum Gasteiger partial charge on any atom is 0.316 e. The van der Waals surface area contributed by atoms with Crippen molar-refractivity contribution >= 4 is 11.8 Å². The van der Waals surface area contributed by atoms with Crippen LogP contribution in [0.2, 0.25) is 0 Å². The SMILES string of the molecule is CCCCCCCCCC(O)C(C(=O)O)C(=O)CCCCCCCCCO. The first-order valence-corrected chi connectivity index (χ1v) is 11.1. The van der Waals surface area contributed by atoms with Gasteiger partial charge in [0.15, 0.2) is 0 Å². The van der Waals surface area contributed by atoms with Crippen molar-refractivity contribution in [1.82, 2.24) is 0 Å². The second kappa shape index (κ2) is 18.4. The van der Waals surface area contributed by atoms with Gasteiger partial charge in [0.2, 0.25) is 0 Å². The molecule has 0 aliphatic heterocycles. The van der Waals surface area contributed by atoms with Crippen LogP contribution in [0.3, 0.4) is 0 Å². The maximum atomic E-state index is 12.2. The Balaban J connectivity index is 3.93. The molecule has 0 saturated heterocycles. The second-order valence-corrected chi connectivity index (χ2v) is 7.71. The van der Waals surface area contributed by atoms with Crippen LogP contribution in [0.5, 0.6) is 0 Å². The maximum absolute atomic E-state index is 12.2. The standard InChI is InChI=1S/C22H42O5/c1-2-3-4-5-7-10-13-16-19(24)21(22(26)27)20(25)17-14-11-8-6-9-12-15-18-23/h19,21,23-24H,2-18H2,1H3,(H,26,27). The Morgan fingerprint density at radius 2 is 1.22 bits per heavy atom. The van der Waals surface area contributed by atoms with Crippen molar-refractivity contribution < 1.29 is 24.9 Å². The van der Waals surface area contributed by atoms with Crippen LogP contribution in [0, 0.1) is 5.92 Å². The smallest absolute Gasteiger partial charge is 0.316 e. The van der Waals surface area contributed by atoms with Crippen molar-refractivity contribution in [3.63, 3.8) is 0 Å². The van der Waals surface area contributed by atoms with Crippen LogP contribution in [-0.4, -0.2) is 39.8 Å². The number of rotatable bonds is 20. The molecule has 0 aromatic heterocycles. The number of ketones is 1. The molecule has 0 saturated carbocycles. The zero-order valence-electron chi connectivity index (χ0n) is 17.3. The third kappa shape index (κ3) is 14.7. The summed E-state index contributed by atoms with van der Waals surface area (Å²) >= 11 is 0. The fourth-order valence-corrected chi connectivity index (χ4v) is 3.44. The van der Waals surface area contributed by atoms with Crippen molar-refractivity contribution in [2.75, 3.05) is 6.61 Å². The van der Waals surface area contributed by atoms with Gasteiger partial charge in [-0.25, -0.2) is 0 Å². The number of aliphatic hydroxyl groups is 2. The van der Waals surface area contributed by atoms with Crippen LogP contribution in [0.15, 0.2) is 0 Å². The first-order chi connectivity index (χ1) is 13.0. The van der Waals surface area contributed by atoms with E-state index in [-0.39, 0.29) is 18.8 Å². The zero-order valence-corrected chi connectivity index (χ0v) is 17.3. The molecule has 5 nitrogen and oxygen atoms in total. The first kappa shape index (κ1) is 26.1. The molecule has 27 heavy (non-hydrogen) atoms. The number of carboxylic acid groups (broad SMARTS) is 1. The van der Waals surface area contributed by atoms with E-state index in [4.69, 9.17) is 5.11 Å². The Kier molecular flexibility index (Phi) is 17.8. The molecule has 0 heterocycles. The van der Waals surface area contributed by atoms with E-state index in [0.717, 1.165) is 57.8 Å². The molecule has 0 fully saturated rings. The molecule has 0 aromatic carbocycles. The van der Waals surface area contributed by atoms with Crippen LogP contribution in [0.4, 0.5) is 0 Å². The van der Waals surface area contributed by atoms with Crippen LogP contribution in [-0.2, 0) is 9.59 Å². The number of carboxylic acids is 1. The Morgan fingerprint density at radius 1 is 0.741 bits per heavy atom. The molecule has 160 valence electrons. The van der Waals surface area contributed by atoms with Crippen LogP contribution in [0.1, 0.15) is 110 Å². The number of carbonyl (C=O) groups is 2. The number of Topliss-reactive ketones (excluding diaryl/α,β-unsaturated/α-hetero) is 1. The summed E-state index contributed by atoms with van der Waals surface area (Å²) in [7, 11) is 0. The van der Waals surface area contributed by atoms with E-state index in [0.29, 0.717) is 12.8 Å². The van der Waals surface area contributed by atoms with E-state index in [1.807, 2.05) is 0 Å². The van der Waals surface area contributed by atoms with Crippen molar-refractivity contribution in [2.24, 2.45) is 5.92 Å². The summed E-state index contributed by atoms with van der Waals surface area (Å²) < 4.78 is 0. The number of hydrogen-bond donors (Lipinski definition) is 3. The Hall–Kier alpha value is -0.940. The third-order valence-electron chi connectivity index (χ3n) is 5.18. The molecule has 0 rings (SSSR count). The minimum Gasteiger partial charge on any atom is -0.481 e. The Labute approximate surface area is 165 Å². The lowest BCUT2D eigenvalue weighted by Gasteiger charge is -2.18. The van der Waals surface area contributed by atoms with E-state index in [1.165, 1.54) is 25.7 Å². The fourth-order valence-electron chi connectivity index (χ4n) is 3.44. The van der Waals surface area contributed by atoms with Gasteiger partial charge < -0.3 is 15.3 Å². The number of unbranched alkanes of at least 4 members (excludes halogenated alkanes) is 12. The average Bonchev–Trinajstić information content (AvgIpc) is 2.63. The fraction of sp³-hybridized carbons (Fsp3) is 0.909. The minimum absolute atomic E-state index is 0.238.